The van der Waals surface area contributed by atoms with Gasteiger partial charge >= 0.3 is 0 Å². The van der Waals surface area contributed by atoms with Crippen LogP contribution >= 0.6 is 0 Å². The molecule has 122 valence electrons. The fraction of sp³-hybridized carbons (Fsp3) is 0.647. The molecular weight excluding hydrogens is 285 g/mol. The molecule has 0 aliphatic carbocycles. The van der Waals surface area contributed by atoms with E-state index in [0.29, 0.717) is 18.3 Å². The van der Waals surface area contributed by atoms with E-state index >= 15 is 0 Å². The third kappa shape index (κ3) is 3.97. The Morgan fingerprint density at radius 1 is 1.27 bits per heavy atom. The van der Waals surface area contributed by atoms with Crippen molar-refractivity contribution in [2.75, 3.05) is 32.9 Å². The number of hydrogen-bond acceptors (Lipinski definition) is 4. The van der Waals surface area contributed by atoms with Crippen LogP contribution in [0.25, 0.3) is 0 Å². The zero-order valence-electron chi connectivity index (χ0n) is 12.8. The van der Waals surface area contributed by atoms with Crippen molar-refractivity contribution in [3.8, 4) is 5.75 Å². The van der Waals surface area contributed by atoms with E-state index in [1.165, 1.54) is 12.1 Å². The van der Waals surface area contributed by atoms with Gasteiger partial charge in [0.05, 0.1) is 0 Å². The molecule has 1 atom stereocenters. The molecule has 2 saturated heterocycles. The number of aliphatic hydroxyl groups is 1. The zero-order chi connectivity index (χ0) is 15.4. The first-order chi connectivity index (χ1) is 10.6. The van der Waals surface area contributed by atoms with Gasteiger partial charge in [-0.05, 0) is 56.5 Å². The Hall–Kier alpha value is -1.17. The van der Waals surface area contributed by atoms with E-state index in [0.717, 1.165) is 45.4 Å². The Kier molecular flexibility index (Phi) is 4.96. The molecule has 2 fully saturated rings. The van der Waals surface area contributed by atoms with Gasteiger partial charge in [-0.2, -0.15) is 0 Å². The summed E-state index contributed by atoms with van der Waals surface area (Å²) in [6.45, 7) is 3.54. The number of likely N-dealkylation sites (tertiary alicyclic amines) is 1. The summed E-state index contributed by atoms with van der Waals surface area (Å²) in [6.07, 6.45) is 3.79. The Morgan fingerprint density at radius 2 is 2.00 bits per heavy atom. The number of ether oxygens (including phenoxy) is 2. The van der Waals surface area contributed by atoms with Crippen molar-refractivity contribution in [1.29, 1.82) is 0 Å². The van der Waals surface area contributed by atoms with E-state index in [1.54, 1.807) is 12.1 Å². The molecular formula is C17H24FNO3. The highest BCUT2D eigenvalue weighted by molar-refractivity contribution is 5.22. The van der Waals surface area contributed by atoms with E-state index in [9.17, 15) is 9.50 Å². The molecule has 0 amide bonds. The summed E-state index contributed by atoms with van der Waals surface area (Å²) in [7, 11) is 0. The van der Waals surface area contributed by atoms with Crippen LogP contribution in [0.2, 0.25) is 0 Å². The Balaban J connectivity index is 1.55. The lowest BCUT2D eigenvalue weighted by Gasteiger charge is -2.43. The third-order valence-electron chi connectivity index (χ3n) is 4.61. The van der Waals surface area contributed by atoms with Crippen LogP contribution in [-0.2, 0) is 4.74 Å². The van der Waals surface area contributed by atoms with Crippen molar-refractivity contribution in [1.82, 2.24) is 4.90 Å². The number of piperidine rings is 1. The quantitative estimate of drug-likeness (QED) is 0.926. The van der Waals surface area contributed by atoms with Crippen LogP contribution < -0.4 is 4.74 Å². The number of benzene rings is 1. The SMILES string of the molecule is OC1(COc2ccc(F)cc2)CCCN(C2CCOCC2)C1. The van der Waals surface area contributed by atoms with Crippen molar-refractivity contribution in [3.05, 3.63) is 30.1 Å². The monoisotopic (exact) mass is 309 g/mol. The second kappa shape index (κ2) is 6.94. The molecule has 4 nitrogen and oxygen atoms in total. The Morgan fingerprint density at radius 3 is 2.73 bits per heavy atom. The Bertz CT molecular complexity index is 475. The number of rotatable bonds is 4. The normalized spacial score (nSPS) is 27.7. The van der Waals surface area contributed by atoms with Crippen LogP contribution in [0.3, 0.4) is 0 Å². The van der Waals surface area contributed by atoms with Gasteiger partial charge in [0.1, 0.15) is 23.8 Å². The molecule has 0 spiro atoms. The minimum Gasteiger partial charge on any atom is -0.491 e. The van der Waals surface area contributed by atoms with Crippen molar-refractivity contribution < 1.29 is 19.0 Å². The minimum atomic E-state index is -0.828. The molecule has 1 unspecified atom stereocenters. The highest BCUT2D eigenvalue weighted by Gasteiger charge is 2.37. The molecule has 3 rings (SSSR count). The van der Waals surface area contributed by atoms with Gasteiger partial charge < -0.3 is 14.6 Å². The van der Waals surface area contributed by atoms with Gasteiger partial charge in [-0.3, -0.25) is 4.90 Å². The summed E-state index contributed by atoms with van der Waals surface area (Å²) in [6, 6.07) is 6.44. The number of β-amino-alcohol motifs (C(OH)–C–C–N with tert-alkyl or cyclic N) is 1. The molecule has 1 aromatic rings. The molecule has 2 aliphatic rings. The molecule has 0 saturated carbocycles. The van der Waals surface area contributed by atoms with Gasteiger partial charge in [0.15, 0.2) is 0 Å². The summed E-state index contributed by atoms with van der Waals surface area (Å²) in [5.41, 5.74) is -0.828. The molecule has 5 heteroatoms. The number of nitrogens with zero attached hydrogens (tertiary/aromatic N) is 1. The first kappa shape index (κ1) is 15.7. The highest BCUT2D eigenvalue weighted by Crippen LogP contribution is 2.27. The molecule has 0 bridgehead atoms. The van der Waals surface area contributed by atoms with Gasteiger partial charge in [0.25, 0.3) is 0 Å². The minimum absolute atomic E-state index is 0.248. The predicted molar refractivity (Wildman–Crippen MR) is 81.5 cm³/mol. The fourth-order valence-corrected chi connectivity index (χ4v) is 3.38. The second-order valence-electron chi connectivity index (χ2n) is 6.38. The maximum atomic E-state index is 12.9. The maximum Gasteiger partial charge on any atom is 0.123 e. The second-order valence-corrected chi connectivity index (χ2v) is 6.38. The molecule has 1 N–H and O–H groups in total. The first-order valence-electron chi connectivity index (χ1n) is 8.07. The number of hydrogen-bond donors (Lipinski definition) is 1. The van der Waals surface area contributed by atoms with E-state index in [1.807, 2.05) is 0 Å². The van der Waals surface area contributed by atoms with Gasteiger partial charge in [-0.15, -0.1) is 0 Å². The van der Waals surface area contributed by atoms with E-state index < -0.39 is 5.60 Å². The number of halogens is 1. The molecule has 2 aliphatic heterocycles. The van der Waals surface area contributed by atoms with E-state index in [-0.39, 0.29) is 12.4 Å². The molecule has 0 radical (unpaired) electrons. The molecule has 0 aromatic heterocycles. The van der Waals surface area contributed by atoms with Gasteiger partial charge in [0.2, 0.25) is 0 Å². The fourth-order valence-electron chi connectivity index (χ4n) is 3.38. The van der Waals surface area contributed by atoms with Gasteiger partial charge in [-0.25, -0.2) is 4.39 Å². The average Bonchev–Trinajstić information content (AvgIpc) is 2.55. The maximum absolute atomic E-state index is 12.9. The molecule has 22 heavy (non-hydrogen) atoms. The smallest absolute Gasteiger partial charge is 0.123 e. The van der Waals surface area contributed by atoms with Crippen molar-refractivity contribution >= 4 is 0 Å². The van der Waals surface area contributed by atoms with Crippen molar-refractivity contribution in [2.45, 2.75) is 37.3 Å². The standard InChI is InChI=1S/C17H24FNO3/c18-14-2-4-16(5-3-14)22-13-17(20)8-1-9-19(12-17)15-6-10-21-11-7-15/h2-5,15,20H,1,6-13H2. The highest BCUT2D eigenvalue weighted by atomic mass is 19.1. The summed E-state index contributed by atoms with van der Waals surface area (Å²) in [4.78, 5) is 2.38. The lowest BCUT2D eigenvalue weighted by molar-refractivity contribution is -0.0814. The predicted octanol–water partition coefficient (Wildman–Crippen LogP) is 2.21. The summed E-state index contributed by atoms with van der Waals surface area (Å²) < 4.78 is 24.0. The van der Waals surface area contributed by atoms with Crippen LogP contribution in [0, 0.1) is 5.82 Å². The van der Waals surface area contributed by atoms with Crippen LogP contribution in [0.5, 0.6) is 5.75 Å². The van der Waals surface area contributed by atoms with Crippen LogP contribution in [0.4, 0.5) is 4.39 Å². The summed E-state index contributed by atoms with van der Waals surface area (Å²) in [5, 5.41) is 10.8. The zero-order valence-corrected chi connectivity index (χ0v) is 12.8. The van der Waals surface area contributed by atoms with Crippen molar-refractivity contribution in [3.63, 3.8) is 0 Å². The summed E-state index contributed by atoms with van der Waals surface area (Å²) in [5.74, 6) is 0.312. The van der Waals surface area contributed by atoms with E-state index in [2.05, 4.69) is 4.90 Å². The van der Waals surface area contributed by atoms with Crippen molar-refractivity contribution in [2.24, 2.45) is 0 Å². The van der Waals surface area contributed by atoms with Gasteiger partial charge in [0, 0.05) is 25.8 Å². The van der Waals surface area contributed by atoms with Crippen LogP contribution in [0.15, 0.2) is 24.3 Å². The molecule has 1 aromatic carbocycles. The average molecular weight is 309 g/mol. The lowest BCUT2D eigenvalue weighted by Crippen LogP contribution is -2.55. The van der Waals surface area contributed by atoms with E-state index in [4.69, 9.17) is 9.47 Å². The Labute approximate surface area is 130 Å². The first-order valence-corrected chi connectivity index (χ1v) is 8.07. The lowest BCUT2D eigenvalue weighted by atomic mass is 9.91. The van der Waals surface area contributed by atoms with Crippen LogP contribution in [0.1, 0.15) is 25.7 Å². The molecule has 2 heterocycles. The summed E-state index contributed by atoms with van der Waals surface area (Å²) >= 11 is 0. The topological polar surface area (TPSA) is 41.9 Å². The third-order valence-corrected chi connectivity index (χ3v) is 4.61. The van der Waals surface area contributed by atoms with Gasteiger partial charge in [-0.1, -0.05) is 0 Å². The van der Waals surface area contributed by atoms with Crippen LogP contribution in [-0.4, -0.2) is 54.6 Å². The largest absolute Gasteiger partial charge is 0.491 e.